The van der Waals surface area contributed by atoms with E-state index in [9.17, 15) is 15.0 Å². The highest BCUT2D eigenvalue weighted by molar-refractivity contribution is 5.71. The summed E-state index contributed by atoms with van der Waals surface area (Å²) in [5.74, 6) is 3.89. The molecule has 2 aliphatic rings. The number of anilines is 1. The van der Waals surface area contributed by atoms with Gasteiger partial charge in [0.1, 0.15) is 17.1 Å². The Bertz CT molecular complexity index is 1860. The lowest BCUT2D eigenvalue weighted by Crippen LogP contribution is -2.25. The SMILES string of the molecule is Cc1nc(N2CCC(CC(=O)O)C2)ccc1-n1nc(-c2cccc3c2=C=[N+](CC(O)c2ccccc2)N=3)c(C(C)C)c1C. The summed E-state index contributed by atoms with van der Waals surface area (Å²) in [5, 5.41) is 31.5. The average molecular weight is 578 g/mol. The molecule has 1 saturated heterocycles. The van der Waals surface area contributed by atoms with E-state index in [2.05, 4.69) is 43.7 Å². The van der Waals surface area contributed by atoms with Crippen LogP contribution >= 0.6 is 0 Å². The van der Waals surface area contributed by atoms with E-state index >= 15 is 0 Å². The first-order valence-corrected chi connectivity index (χ1v) is 14.9. The Morgan fingerprint density at radius 1 is 1.09 bits per heavy atom. The van der Waals surface area contributed by atoms with Crippen molar-refractivity contribution in [3.8, 4) is 16.9 Å². The maximum atomic E-state index is 11.2. The van der Waals surface area contributed by atoms with Crippen LogP contribution in [0.3, 0.4) is 0 Å². The number of aryl methyl sites for hydroxylation is 1. The summed E-state index contributed by atoms with van der Waals surface area (Å²) >= 11 is 0. The molecule has 2 unspecified atom stereocenters. The summed E-state index contributed by atoms with van der Waals surface area (Å²) in [7, 11) is 0. The summed E-state index contributed by atoms with van der Waals surface area (Å²) in [5.41, 5.74) is 6.65. The first-order chi connectivity index (χ1) is 20.7. The normalized spacial score (nSPS) is 16.6. The number of aliphatic carboxylic acids is 1. The maximum Gasteiger partial charge on any atom is 0.303 e. The quantitative estimate of drug-likeness (QED) is 0.295. The Labute approximate surface area is 250 Å². The highest BCUT2D eigenvalue weighted by atomic mass is 16.4. The number of carbonyl (C=O) groups is 1. The van der Waals surface area contributed by atoms with Gasteiger partial charge in [-0.25, -0.2) is 9.67 Å². The van der Waals surface area contributed by atoms with Crippen molar-refractivity contribution in [1.29, 1.82) is 0 Å². The van der Waals surface area contributed by atoms with Gasteiger partial charge in [-0.3, -0.25) is 4.79 Å². The van der Waals surface area contributed by atoms with Crippen molar-refractivity contribution in [2.45, 2.75) is 52.6 Å². The van der Waals surface area contributed by atoms with Gasteiger partial charge in [0, 0.05) is 41.4 Å². The molecule has 2 aromatic heterocycles. The molecule has 2 aliphatic heterocycles. The summed E-state index contributed by atoms with van der Waals surface area (Å²) < 4.78 is 3.67. The van der Waals surface area contributed by atoms with Gasteiger partial charge in [-0.1, -0.05) is 56.3 Å². The molecule has 1 fully saturated rings. The molecular formula is C34H37N6O3+. The van der Waals surface area contributed by atoms with Gasteiger partial charge in [0.2, 0.25) is 12.4 Å². The van der Waals surface area contributed by atoms with E-state index in [0.717, 1.165) is 68.8 Å². The van der Waals surface area contributed by atoms with Crippen LogP contribution in [0.1, 0.15) is 61.2 Å². The first-order valence-electron chi connectivity index (χ1n) is 14.9. The highest BCUT2D eigenvalue weighted by Crippen LogP contribution is 2.32. The van der Waals surface area contributed by atoms with E-state index in [-0.39, 0.29) is 18.3 Å². The zero-order valence-corrected chi connectivity index (χ0v) is 25.0. The Morgan fingerprint density at radius 3 is 2.60 bits per heavy atom. The number of fused-ring (bicyclic) bond motifs is 1. The highest BCUT2D eigenvalue weighted by Gasteiger charge is 2.27. The zero-order valence-electron chi connectivity index (χ0n) is 25.0. The lowest BCUT2D eigenvalue weighted by Gasteiger charge is -2.19. The minimum absolute atomic E-state index is 0.147. The van der Waals surface area contributed by atoms with Crippen molar-refractivity contribution < 1.29 is 19.7 Å². The number of aromatic nitrogens is 3. The lowest BCUT2D eigenvalue weighted by atomic mass is 9.96. The number of aliphatic hydroxyl groups is 1. The van der Waals surface area contributed by atoms with Crippen LogP contribution in [0.2, 0.25) is 0 Å². The largest absolute Gasteiger partial charge is 0.481 e. The van der Waals surface area contributed by atoms with Gasteiger partial charge in [-0.05, 0) is 60.6 Å². The van der Waals surface area contributed by atoms with Gasteiger partial charge in [0.25, 0.3) is 0 Å². The van der Waals surface area contributed by atoms with E-state index < -0.39 is 12.1 Å². The van der Waals surface area contributed by atoms with Crippen LogP contribution in [0.25, 0.3) is 16.9 Å². The number of aliphatic hydroxyl groups excluding tert-OH is 1. The number of benzene rings is 2. The second kappa shape index (κ2) is 11.6. The molecule has 0 saturated carbocycles. The van der Waals surface area contributed by atoms with Crippen LogP contribution in [-0.4, -0.2) is 61.1 Å². The second-order valence-corrected chi connectivity index (χ2v) is 11.8. The molecule has 4 heterocycles. The van der Waals surface area contributed by atoms with Gasteiger partial charge in [-0.2, -0.15) is 5.10 Å². The third kappa shape index (κ3) is 5.61. The minimum Gasteiger partial charge on any atom is -0.481 e. The third-order valence-electron chi connectivity index (χ3n) is 8.38. The molecule has 220 valence electrons. The molecule has 0 amide bonds. The summed E-state index contributed by atoms with van der Waals surface area (Å²) in [6.07, 6.45) is 0.362. The fourth-order valence-electron chi connectivity index (χ4n) is 6.29. The second-order valence-electron chi connectivity index (χ2n) is 11.8. The molecule has 6 rings (SSSR count). The number of β-amino-alcohol motifs (C(OH)–C–C–N with tert-alkyl or cyclic N) is 1. The Kier molecular flexibility index (Phi) is 7.69. The number of pyridine rings is 1. The van der Waals surface area contributed by atoms with E-state index in [1.165, 1.54) is 0 Å². The van der Waals surface area contributed by atoms with E-state index in [1.807, 2.05) is 60.1 Å². The van der Waals surface area contributed by atoms with Crippen molar-refractivity contribution in [2.24, 2.45) is 11.0 Å². The number of rotatable bonds is 9. The van der Waals surface area contributed by atoms with Crippen LogP contribution < -0.4 is 15.5 Å². The van der Waals surface area contributed by atoms with Crippen molar-refractivity contribution in [3.63, 3.8) is 0 Å². The molecule has 2 atom stereocenters. The molecule has 0 bridgehead atoms. The number of nitrogens with zero attached hydrogens (tertiary/aromatic N) is 6. The molecule has 0 aliphatic carbocycles. The van der Waals surface area contributed by atoms with Crippen LogP contribution in [0.4, 0.5) is 5.82 Å². The number of hydrogen-bond acceptors (Lipinski definition) is 6. The number of carboxylic acid groups (broad SMARTS) is 1. The number of hydrogen-bond donors (Lipinski definition) is 2. The molecule has 9 nitrogen and oxygen atoms in total. The number of carboxylic acids is 1. The Morgan fingerprint density at radius 2 is 1.88 bits per heavy atom. The Balaban J connectivity index is 1.36. The predicted molar refractivity (Wildman–Crippen MR) is 164 cm³/mol. The van der Waals surface area contributed by atoms with Crippen LogP contribution in [0, 0.1) is 19.8 Å². The fraction of sp³-hybridized carbons (Fsp3) is 0.353. The monoisotopic (exact) mass is 577 g/mol. The van der Waals surface area contributed by atoms with Gasteiger partial charge >= 0.3 is 5.97 Å². The van der Waals surface area contributed by atoms with Crippen molar-refractivity contribution in [2.75, 3.05) is 24.5 Å². The van der Waals surface area contributed by atoms with Gasteiger partial charge < -0.3 is 15.1 Å². The van der Waals surface area contributed by atoms with Gasteiger partial charge in [-0.15, -0.1) is 0 Å². The van der Waals surface area contributed by atoms with Crippen LogP contribution in [0.5, 0.6) is 0 Å². The smallest absolute Gasteiger partial charge is 0.303 e. The summed E-state index contributed by atoms with van der Waals surface area (Å²) in [6, 6.07) is 19.7. The third-order valence-corrected chi connectivity index (χ3v) is 8.38. The molecule has 2 N–H and O–H groups in total. The van der Waals surface area contributed by atoms with Crippen LogP contribution in [0.15, 0.2) is 65.8 Å². The van der Waals surface area contributed by atoms with Crippen molar-refractivity contribution >= 4 is 17.7 Å². The topological polar surface area (TPSA) is 107 Å². The van der Waals surface area contributed by atoms with E-state index in [1.54, 1.807) is 4.68 Å². The van der Waals surface area contributed by atoms with Gasteiger partial charge in [0.05, 0.1) is 17.1 Å². The standard InChI is InChI=1S/C34H36N6O3/c1-21(2)33-23(4)40(29-13-14-31(35-22(29)3)38-16-15-24(18-38)17-32(42)43)37-34(33)26-11-8-12-28-27(26)19-39(36-28)20-30(41)25-9-6-5-7-10-25/h5-14,21,24,30,41H,15-18,20H2,1-4H3/p+1. The van der Waals surface area contributed by atoms with Crippen molar-refractivity contribution in [3.05, 3.63) is 93.8 Å². The summed E-state index contributed by atoms with van der Waals surface area (Å²) in [4.78, 5) is 18.3. The van der Waals surface area contributed by atoms with Crippen molar-refractivity contribution in [1.82, 2.24) is 14.8 Å². The van der Waals surface area contributed by atoms with E-state index in [4.69, 9.17) is 15.2 Å². The van der Waals surface area contributed by atoms with Gasteiger partial charge in [0.15, 0.2) is 5.36 Å². The molecule has 0 spiro atoms. The Hall–Kier alpha value is -4.59. The van der Waals surface area contributed by atoms with Crippen LogP contribution in [-0.2, 0) is 4.79 Å². The predicted octanol–water partition coefficient (Wildman–Crippen LogP) is 3.61. The maximum absolute atomic E-state index is 11.2. The molecule has 43 heavy (non-hydrogen) atoms. The average Bonchev–Trinajstić information content (AvgIpc) is 3.70. The minimum atomic E-state index is -0.748. The summed E-state index contributed by atoms with van der Waals surface area (Å²) in [6.45, 7) is 10.3. The molecule has 0 radical (unpaired) electrons. The fourth-order valence-corrected chi connectivity index (χ4v) is 6.29. The zero-order chi connectivity index (χ0) is 30.2. The molecule has 4 aromatic rings. The molecular weight excluding hydrogens is 540 g/mol. The van der Waals surface area contributed by atoms with E-state index in [0.29, 0.717) is 13.1 Å². The molecule has 2 aromatic carbocycles. The lowest BCUT2D eigenvalue weighted by molar-refractivity contribution is -0.538. The first kappa shape index (κ1) is 28.5. The molecule has 9 heteroatoms.